The quantitative estimate of drug-likeness (QED) is 0.739. The Hall–Kier alpha value is -0.320. The number of carbonyl (C=O) groups excluding carboxylic acids is 1. The number of halogens is 1. The van der Waals surface area contributed by atoms with Gasteiger partial charge in [-0.2, -0.15) is 0 Å². The first-order valence-electron chi connectivity index (χ1n) is 8.31. The molecule has 5 heteroatoms. The van der Waals surface area contributed by atoms with E-state index in [9.17, 15) is 4.79 Å². The molecule has 21 heavy (non-hydrogen) atoms. The molecule has 0 aromatic heterocycles. The second kappa shape index (κ2) is 10.4. The lowest BCUT2D eigenvalue weighted by molar-refractivity contribution is -0.143. The van der Waals surface area contributed by atoms with E-state index in [1.807, 2.05) is 0 Å². The molecule has 0 aromatic rings. The third kappa shape index (κ3) is 6.54. The molecule has 1 aliphatic heterocycles. The molecule has 2 aliphatic rings. The number of methoxy groups -OCH3 is 1. The van der Waals surface area contributed by atoms with E-state index in [1.165, 1.54) is 52.1 Å². The lowest BCUT2D eigenvalue weighted by Gasteiger charge is -2.28. The van der Waals surface area contributed by atoms with Gasteiger partial charge in [0.1, 0.15) is 6.04 Å². The maximum atomic E-state index is 12.0. The first kappa shape index (κ1) is 18.7. The van der Waals surface area contributed by atoms with Crippen LogP contribution in [0.3, 0.4) is 0 Å². The molecule has 0 amide bonds. The van der Waals surface area contributed by atoms with Crippen LogP contribution in [0.5, 0.6) is 0 Å². The van der Waals surface area contributed by atoms with Gasteiger partial charge in [0, 0.05) is 0 Å². The van der Waals surface area contributed by atoms with Crippen LogP contribution in [0.2, 0.25) is 0 Å². The fourth-order valence-electron chi connectivity index (χ4n) is 3.57. The zero-order valence-corrected chi connectivity index (χ0v) is 14.1. The van der Waals surface area contributed by atoms with Crippen molar-refractivity contribution in [3.05, 3.63) is 0 Å². The highest BCUT2D eigenvalue weighted by atomic mass is 35.5. The number of piperidine rings is 1. The van der Waals surface area contributed by atoms with E-state index in [1.54, 1.807) is 0 Å². The van der Waals surface area contributed by atoms with E-state index in [0.29, 0.717) is 11.8 Å². The van der Waals surface area contributed by atoms with Gasteiger partial charge in [0.25, 0.3) is 0 Å². The first-order valence-corrected chi connectivity index (χ1v) is 8.31. The highest BCUT2D eigenvalue weighted by Gasteiger charge is 2.25. The van der Waals surface area contributed by atoms with Crippen molar-refractivity contribution in [3.63, 3.8) is 0 Å². The van der Waals surface area contributed by atoms with E-state index in [0.717, 1.165) is 26.1 Å². The van der Waals surface area contributed by atoms with Crippen molar-refractivity contribution in [3.8, 4) is 0 Å². The van der Waals surface area contributed by atoms with Crippen LogP contribution in [0, 0.1) is 11.8 Å². The van der Waals surface area contributed by atoms with Crippen LogP contribution in [-0.4, -0.2) is 38.8 Å². The molecule has 2 fully saturated rings. The van der Waals surface area contributed by atoms with Gasteiger partial charge >= 0.3 is 5.97 Å². The number of ether oxygens (including phenoxy) is 1. The number of esters is 1. The van der Waals surface area contributed by atoms with E-state index >= 15 is 0 Å². The number of carbonyl (C=O) groups is 1. The molecule has 2 atom stereocenters. The van der Waals surface area contributed by atoms with Crippen molar-refractivity contribution in [2.75, 3.05) is 26.7 Å². The van der Waals surface area contributed by atoms with E-state index in [-0.39, 0.29) is 24.4 Å². The molecule has 1 saturated heterocycles. The molecule has 1 aliphatic carbocycles. The summed E-state index contributed by atoms with van der Waals surface area (Å²) in [6.07, 6.45) is 10.0. The second-order valence-corrected chi connectivity index (χ2v) is 6.44. The molecular formula is C16H31ClN2O2. The standard InChI is InChI=1S/C16H30N2O2.ClH/c1-20-16(19)15(10-13-6-3-2-4-7-13)18-12-14-8-5-9-17-11-14;/h13-15,17-18H,2-12H2,1H3;1H. The summed E-state index contributed by atoms with van der Waals surface area (Å²) in [5.74, 6) is 1.27. The van der Waals surface area contributed by atoms with E-state index in [4.69, 9.17) is 4.74 Å². The normalized spacial score (nSPS) is 24.9. The molecule has 0 spiro atoms. The van der Waals surface area contributed by atoms with Gasteiger partial charge in [-0.15, -0.1) is 12.4 Å². The van der Waals surface area contributed by atoms with Crippen molar-refractivity contribution in [2.45, 2.75) is 57.4 Å². The average Bonchev–Trinajstić information content (AvgIpc) is 2.52. The summed E-state index contributed by atoms with van der Waals surface area (Å²) in [6.45, 7) is 3.14. The highest BCUT2D eigenvalue weighted by Crippen LogP contribution is 2.27. The van der Waals surface area contributed by atoms with Gasteiger partial charge in [-0.3, -0.25) is 4.79 Å². The Morgan fingerprint density at radius 2 is 1.90 bits per heavy atom. The van der Waals surface area contributed by atoms with Crippen molar-refractivity contribution in [1.29, 1.82) is 0 Å². The minimum atomic E-state index is -0.106. The molecule has 0 radical (unpaired) electrons. The smallest absolute Gasteiger partial charge is 0.322 e. The minimum Gasteiger partial charge on any atom is -0.468 e. The Labute approximate surface area is 135 Å². The predicted octanol–water partition coefficient (Wildman–Crippen LogP) is 2.51. The molecule has 0 bridgehead atoms. The van der Waals surface area contributed by atoms with Gasteiger partial charge in [0.05, 0.1) is 7.11 Å². The van der Waals surface area contributed by atoms with Gasteiger partial charge in [-0.05, 0) is 50.7 Å². The fraction of sp³-hybridized carbons (Fsp3) is 0.938. The number of hydrogen-bond donors (Lipinski definition) is 2. The minimum absolute atomic E-state index is 0. The Morgan fingerprint density at radius 1 is 1.19 bits per heavy atom. The third-order valence-corrected chi connectivity index (χ3v) is 4.83. The summed E-state index contributed by atoms with van der Waals surface area (Å²) >= 11 is 0. The van der Waals surface area contributed by atoms with Crippen LogP contribution in [-0.2, 0) is 9.53 Å². The summed E-state index contributed by atoms with van der Waals surface area (Å²) in [5, 5.41) is 6.90. The highest BCUT2D eigenvalue weighted by molar-refractivity contribution is 5.85. The van der Waals surface area contributed by atoms with Crippen LogP contribution < -0.4 is 10.6 Å². The molecular weight excluding hydrogens is 288 g/mol. The zero-order valence-electron chi connectivity index (χ0n) is 13.2. The van der Waals surface area contributed by atoms with Crippen molar-refractivity contribution < 1.29 is 9.53 Å². The number of nitrogens with one attached hydrogen (secondary N) is 2. The lowest BCUT2D eigenvalue weighted by atomic mass is 9.84. The van der Waals surface area contributed by atoms with Crippen LogP contribution in [0.4, 0.5) is 0 Å². The molecule has 124 valence electrons. The average molecular weight is 319 g/mol. The van der Waals surface area contributed by atoms with E-state index < -0.39 is 0 Å². The van der Waals surface area contributed by atoms with Gasteiger partial charge in [-0.1, -0.05) is 32.1 Å². The zero-order chi connectivity index (χ0) is 14.2. The largest absolute Gasteiger partial charge is 0.468 e. The van der Waals surface area contributed by atoms with Crippen molar-refractivity contribution >= 4 is 18.4 Å². The lowest BCUT2D eigenvalue weighted by Crippen LogP contribution is -2.44. The fourth-order valence-corrected chi connectivity index (χ4v) is 3.57. The van der Waals surface area contributed by atoms with E-state index in [2.05, 4.69) is 10.6 Å². The van der Waals surface area contributed by atoms with Crippen LogP contribution in [0.1, 0.15) is 51.4 Å². The van der Waals surface area contributed by atoms with Gasteiger partial charge < -0.3 is 15.4 Å². The Morgan fingerprint density at radius 3 is 2.52 bits per heavy atom. The summed E-state index contributed by atoms with van der Waals surface area (Å²) in [4.78, 5) is 12.0. The van der Waals surface area contributed by atoms with Crippen molar-refractivity contribution in [2.24, 2.45) is 11.8 Å². The van der Waals surface area contributed by atoms with Crippen molar-refractivity contribution in [1.82, 2.24) is 10.6 Å². The molecule has 1 heterocycles. The maximum absolute atomic E-state index is 12.0. The first-order chi connectivity index (χ1) is 9.79. The third-order valence-electron chi connectivity index (χ3n) is 4.83. The monoisotopic (exact) mass is 318 g/mol. The summed E-state index contributed by atoms with van der Waals surface area (Å²) in [7, 11) is 1.50. The summed E-state index contributed by atoms with van der Waals surface area (Å²) in [5.41, 5.74) is 0. The van der Waals surface area contributed by atoms with Gasteiger partial charge in [-0.25, -0.2) is 0 Å². The maximum Gasteiger partial charge on any atom is 0.322 e. The number of hydrogen-bond acceptors (Lipinski definition) is 4. The molecule has 4 nitrogen and oxygen atoms in total. The SMILES string of the molecule is COC(=O)C(CC1CCCCC1)NCC1CCCNC1.Cl. The van der Waals surface area contributed by atoms with Crippen LogP contribution >= 0.6 is 12.4 Å². The van der Waals surface area contributed by atoms with Gasteiger partial charge in [0.2, 0.25) is 0 Å². The Balaban J connectivity index is 0.00000220. The molecule has 2 N–H and O–H groups in total. The molecule has 0 aromatic carbocycles. The summed E-state index contributed by atoms with van der Waals surface area (Å²) < 4.78 is 4.98. The second-order valence-electron chi connectivity index (χ2n) is 6.44. The topological polar surface area (TPSA) is 50.4 Å². The number of rotatable bonds is 6. The molecule has 1 saturated carbocycles. The Bertz CT molecular complexity index is 290. The molecule has 2 unspecified atom stereocenters. The summed E-state index contributed by atoms with van der Waals surface area (Å²) in [6, 6.07) is -0.106. The van der Waals surface area contributed by atoms with Crippen LogP contribution in [0.25, 0.3) is 0 Å². The predicted molar refractivity (Wildman–Crippen MR) is 87.8 cm³/mol. The van der Waals surface area contributed by atoms with Crippen LogP contribution in [0.15, 0.2) is 0 Å². The van der Waals surface area contributed by atoms with Gasteiger partial charge in [0.15, 0.2) is 0 Å². The Kier molecular flexibility index (Phi) is 9.29. The molecule has 2 rings (SSSR count).